The van der Waals surface area contributed by atoms with Crippen LogP contribution >= 0.6 is 0 Å². The van der Waals surface area contributed by atoms with E-state index in [1.54, 1.807) is 0 Å². The molecule has 0 aromatic heterocycles. The van der Waals surface area contributed by atoms with Crippen LogP contribution in [0.4, 0.5) is 0 Å². The fourth-order valence-electron chi connectivity index (χ4n) is 5.19. The van der Waals surface area contributed by atoms with Crippen molar-refractivity contribution in [3.8, 4) is 11.5 Å². The SMILES string of the molecule is CC(C)c1c2cc3ccccc3cc2c(C(C)C)c2cc3cc(C#C[SiH3])ccc3cc12. The molecule has 0 radical (unpaired) electrons. The second-order valence-electron chi connectivity index (χ2n) is 9.22. The number of rotatable bonds is 2. The Bertz CT molecular complexity index is 1540. The van der Waals surface area contributed by atoms with E-state index in [1.165, 1.54) is 54.2 Å². The van der Waals surface area contributed by atoms with Crippen LogP contribution in [0.3, 0.4) is 0 Å². The van der Waals surface area contributed by atoms with Crippen LogP contribution in [0.1, 0.15) is 56.2 Å². The zero-order valence-electron chi connectivity index (χ0n) is 19.0. The predicted octanol–water partition coefficient (Wildman–Crippen LogP) is 7.22. The average molecular weight is 417 g/mol. The first-order valence-electron chi connectivity index (χ1n) is 11.3. The maximum atomic E-state index is 3.28. The summed E-state index contributed by atoms with van der Waals surface area (Å²) in [4.78, 5) is 0. The zero-order valence-corrected chi connectivity index (χ0v) is 21.0. The van der Waals surface area contributed by atoms with Gasteiger partial charge in [0.25, 0.3) is 0 Å². The molecule has 5 aromatic rings. The van der Waals surface area contributed by atoms with Gasteiger partial charge in [0.1, 0.15) is 0 Å². The van der Waals surface area contributed by atoms with Gasteiger partial charge in [0.2, 0.25) is 0 Å². The lowest BCUT2D eigenvalue weighted by Gasteiger charge is -2.22. The summed E-state index contributed by atoms with van der Waals surface area (Å²) >= 11 is 0. The van der Waals surface area contributed by atoms with Gasteiger partial charge < -0.3 is 0 Å². The van der Waals surface area contributed by atoms with Gasteiger partial charge in [-0.1, -0.05) is 63.9 Å². The molecular formula is C30H28Si. The Labute approximate surface area is 187 Å². The highest BCUT2D eigenvalue weighted by molar-refractivity contribution is 6.22. The van der Waals surface area contributed by atoms with Crippen LogP contribution in [0.15, 0.2) is 66.7 Å². The lowest BCUT2D eigenvalue weighted by Crippen LogP contribution is -1.99. The van der Waals surface area contributed by atoms with E-state index in [-0.39, 0.29) is 0 Å². The average Bonchev–Trinajstić information content (AvgIpc) is 2.74. The summed E-state index contributed by atoms with van der Waals surface area (Å²) < 4.78 is 0. The topological polar surface area (TPSA) is 0 Å². The van der Waals surface area contributed by atoms with Crippen LogP contribution in [0.25, 0.3) is 43.1 Å². The minimum atomic E-state index is 0.439. The maximum absolute atomic E-state index is 3.28. The molecule has 0 nitrogen and oxygen atoms in total. The molecule has 0 aliphatic rings. The van der Waals surface area contributed by atoms with E-state index in [2.05, 4.69) is 106 Å². The minimum Gasteiger partial charge on any atom is -0.138 e. The Morgan fingerprint density at radius 2 is 1.03 bits per heavy atom. The third kappa shape index (κ3) is 3.23. The first-order valence-corrected chi connectivity index (χ1v) is 12.3. The molecular weight excluding hydrogens is 388 g/mol. The van der Waals surface area contributed by atoms with Crippen molar-refractivity contribution in [2.24, 2.45) is 0 Å². The van der Waals surface area contributed by atoms with Crippen LogP contribution in [0.5, 0.6) is 0 Å². The van der Waals surface area contributed by atoms with Crippen molar-refractivity contribution in [3.05, 3.63) is 83.4 Å². The molecule has 0 spiro atoms. The molecule has 0 fully saturated rings. The third-order valence-electron chi connectivity index (χ3n) is 6.45. The summed E-state index contributed by atoms with van der Waals surface area (Å²) in [6.07, 6.45) is 0. The molecule has 0 saturated heterocycles. The van der Waals surface area contributed by atoms with Gasteiger partial charge in [0, 0.05) is 5.56 Å². The zero-order chi connectivity index (χ0) is 21.7. The molecule has 0 atom stereocenters. The van der Waals surface area contributed by atoms with Gasteiger partial charge in [-0.15, -0.1) is 5.54 Å². The van der Waals surface area contributed by atoms with E-state index in [0.29, 0.717) is 11.8 Å². The first-order chi connectivity index (χ1) is 15.0. The van der Waals surface area contributed by atoms with E-state index in [4.69, 9.17) is 0 Å². The molecule has 0 heterocycles. The molecule has 0 saturated carbocycles. The van der Waals surface area contributed by atoms with Crippen molar-refractivity contribution in [2.75, 3.05) is 0 Å². The smallest absolute Gasteiger partial charge is 0.0911 e. The quantitative estimate of drug-likeness (QED) is 0.162. The Kier molecular flexibility index (Phi) is 4.84. The van der Waals surface area contributed by atoms with Crippen molar-refractivity contribution in [1.29, 1.82) is 0 Å². The molecule has 0 unspecified atom stereocenters. The molecule has 31 heavy (non-hydrogen) atoms. The number of hydrogen-bond acceptors (Lipinski definition) is 0. The van der Waals surface area contributed by atoms with Gasteiger partial charge in [0.15, 0.2) is 0 Å². The Hall–Kier alpha value is -3.08. The van der Waals surface area contributed by atoms with Gasteiger partial charge >= 0.3 is 0 Å². The lowest BCUT2D eigenvalue weighted by atomic mass is 9.82. The lowest BCUT2D eigenvalue weighted by molar-refractivity contribution is 0.873. The first kappa shape index (κ1) is 19.9. The predicted molar refractivity (Wildman–Crippen MR) is 141 cm³/mol. The van der Waals surface area contributed by atoms with E-state index in [0.717, 1.165) is 15.8 Å². The molecule has 0 bridgehead atoms. The van der Waals surface area contributed by atoms with Gasteiger partial charge in [-0.3, -0.25) is 0 Å². The highest BCUT2D eigenvalue weighted by Crippen LogP contribution is 2.42. The Morgan fingerprint density at radius 3 is 1.48 bits per heavy atom. The van der Waals surface area contributed by atoms with Crippen LogP contribution in [-0.2, 0) is 0 Å². The van der Waals surface area contributed by atoms with Gasteiger partial charge in [-0.05, 0) is 102 Å². The molecule has 0 amide bonds. The molecule has 0 aliphatic carbocycles. The summed E-state index contributed by atoms with van der Waals surface area (Å²) in [6, 6.07) is 25.1. The van der Waals surface area contributed by atoms with E-state index in [1.807, 2.05) is 0 Å². The van der Waals surface area contributed by atoms with Crippen LogP contribution in [0, 0.1) is 11.5 Å². The Balaban J connectivity index is 2.03. The van der Waals surface area contributed by atoms with Crippen molar-refractivity contribution < 1.29 is 0 Å². The molecule has 5 aromatic carbocycles. The largest absolute Gasteiger partial charge is 0.138 e. The second-order valence-corrected chi connectivity index (χ2v) is 9.72. The number of benzene rings is 5. The van der Waals surface area contributed by atoms with Gasteiger partial charge in [-0.25, -0.2) is 0 Å². The Morgan fingerprint density at radius 1 is 0.581 bits per heavy atom. The van der Waals surface area contributed by atoms with E-state index >= 15 is 0 Å². The normalized spacial score (nSPS) is 11.8. The summed E-state index contributed by atoms with van der Waals surface area (Å²) in [7, 11) is 0.906. The monoisotopic (exact) mass is 416 g/mol. The molecule has 0 aliphatic heterocycles. The molecule has 1 heteroatoms. The van der Waals surface area contributed by atoms with E-state index < -0.39 is 0 Å². The van der Waals surface area contributed by atoms with Crippen LogP contribution < -0.4 is 0 Å². The summed E-state index contributed by atoms with van der Waals surface area (Å²) in [6.45, 7) is 9.30. The fraction of sp³-hybridized carbons (Fsp3) is 0.200. The van der Waals surface area contributed by atoms with Crippen molar-refractivity contribution in [2.45, 2.75) is 39.5 Å². The van der Waals surface area contributed by atoms with Crippen molar-refractivity contribution in [3.63, 3.8) is 0 Å². The maximum Gasteiger partial charge on any atom is 0.0911 e. The van der Waals surface area contributed by atoms with E-state index in [9.17, 15) is 0 Å². The summed E-state index contributed by atoms with van der Waals surface area (Å²) in [5.74, 6) is 4.16. The highest BCUT2D eigenvalue weighted by Gasteiger charge is 2.19. The summed E-state index contributed by atoms with van der Waals surface area (Å²) in [5.41, 5.74) is 7.21. The fourth-order valence-corrected chi connectivity index (χ4v) is 5.47. The third-order valence-corrected chi connectivity index (χ3v) is 6.70. The van der Waals surface area contributed by atoms with Crippen molar-refractivity contribution >= 4 is 53.3 Å². The number of hydrogen-bond donors (Lipinski definition) is 0. The molecule has 0 N–H and O–H groups in total. The molecule has 5 rings (SSSR count). The van der Waals surface area contributed by atoms with Crippen LogP contribution in [-0.4, -0.2) is 10.2 Å². The van der Waals surface area contributed by atoms with Gasteiger partial charge in [-0.2, -0.15) is 0 Å². The number of fused-ring (bicyclic) bond motifs is 4. The van der Waals surface area contributed by atoms with Crippen molar-refractivity contribution in [1.82, 2.24) is 0 Å². The second kappa shape index (κ2) is 7.56. The molecule has 152 valence electrons. The standard InChI is InChI=1S/C30H28Si/c1-18(2)29-25-14-21-7-5-6-8-22(21)15-26(25)30(19(3)4)28-17-24-13-20(11-12-31)9-10-23(24)16-27(28)29/h5-10,13-19H,1-4,31H3. The highest BCUT2D eigenvalue weighted by atomic mass is 28.1. The van der Waals surface area contributed by atoms with Crippen LogP contribution in [0.2, 0.25) is 0 Å². The minimum absolute atomic E-state index is 0.439. The summed E-state index contributed by atoms with van der Waals surface area (Å²) in [5, 5.41) is 10.8. The van der Waals surface area contributed by atoms with Gasteiger partial charge in [0.05, 0.1) is 10.2 Å².